The third kappa shape index (κ3) is 1.05. The average molecular weight is 159 g/mol. The molecule has 0 amide bonds. The minimum absolute atomic E-state index is 0.835. The number of anilines is 1. The highest BCUT2D eigenvalue weighted by Gasteiger charge is 2.12. The Morgan fingerprint density at radius 1 is 1.25 bits per heavy atom. The van der Waals surface area contributed by atoms with Crippen LogP contribution in [0.15, 0.2) is 30.3 Å². The van der Waals surface area contributed by atoms with Gasteiger partial charge in [0.2, 0.25) is 0 Å². The fourth-order valence-corrected chi connectivity index (χ4v) is 1.40. The van der Waals surface area contributed by atoms with Crippen molar-refractivity contribution in [2.45, 2.75) is 6.92 Å². The average Bonchev–Trinajstić information content (AvgIpc) is 2.04. The van der Waals surface area contributed by atoms with Crippen molar-refractivity contribution >= 4 is 11.4 Å². The topological polar surface area (TPSA) is 38.0 Å². The summed E-state index contributed by atoms with van der Waals surface area (Å²) in [7, 11) is 0. The van der Waals surface area contributed by atoms with Gasteiger partial charge < -0.3 is 11.1 Å². The quantitative estimate of drug-likeness (QED) is 0.607. The molecule has 0 aliphatic carbocycles. The lowest BCUT2D eigenvalue weighted by atomic mass is 10.0. The van der Waals surface area contributed by atoms with Crippen LogP contribution in [0.1, 0.15) is 12.5 Å². The highest BCUT2D eigenvalue weighted by atomic mass is 14.9. The van der Waals surface area contributed by atoms with Gasteiger partial charge in [0.1, 0.15) is 0 Å². The number of fused-ring (bicyclic) bond motifs is 1. The van der Waals surface area contributed by atoms with Crippen molar-refractivity contribution in [3.63, 3.8) is 0 Å². The van der Waals surface area contributed by atoms with Gasteiger partial charge in [0, 0.05) is 16.9 Å². The molecule has 3 N–H and O–H groups in total. The predicted molar refractivity (Wildman–Crippen MR) is 51.1 cm³/mol. The Balaban J connectivity index is 2.53. The van der Waals surface area contributed by atoms with Crippen molar-refractivity contribution in [1.82, 2.24) is 0 Å². The van der Waals surface area contributed by atoms with Gasteiger partial charge in [0.15, 0.2) is 0 Å². The maximum Gasteiger partial charge on any atom is 0.0815 e. The van der Waals surface area contributed by atoms with E-state index in [4.69, 9.17) is 5.73 Å². The van der Waals surface area contributed by atoms with Crippen LogP contribution < -0.4 is 11.1 Å². The third-order valence-electron chi connectivity index (χ3n) is 1.94. The van der Waals surface area contributed by atoms with Crippen LogP contribution in [0.5, 0.6) is 0 Å². The van der Waals surface area contributed by atoms with Crippen LogP contribution in [0, 0.1) is 6.04 Å². The Labute approximate surface area is 72.1 Å². The summed E-state index contributed by atoms with van der Waals surface area (Å²) < 4.78 is 0. The number of hydrogen-bond acceptors (Lipinski definition) is 2. The van der Waals surface area contributed by atoms with Gasteiger partial charge in [0.25, 0.3) is 0 Å². The maximum absolute atomic E-state index is 5.84. The Kier molecular flexibility index (Phi) is 1.54. The van der Waals surface area contributed by atoms with Crippen LogP contribution in [0.2, 0.25) is 0 Å². The molecular weight excluding hydrogens is 148 g/mol. The van der Waals surface area contributed by atoms with Crippen molar-refractivity contribution in [1.29, 1.82) is 0 Å². The molecule has 0 saturated carbocycles. The zero-order valence-corrected chi connectivity index (χ0v) is 6.96. The molecule has 0 atom stereocenters. The summed E-state index contributed by atoms with van der Waals surface area (Å²) in [6, 6.07) is 9.12. The lowest BCUT2D eigenvalue weighted by Crippen LogP contribution is -2.14. The second-order valence-electron chi connectivity index (χ2n) is 2.95. The molecule has 1 heterocycles. The zero-order chi connectivity index (χ0) is 8.55. The molecule has 1 radical (unpaired) electrons. The van der Waals surface area contributed by atoms with Crippen molar-refractivity contribution < 1.29 is 0 Å². The van der Waals surface area contributed by atoms with Crippen LogP contribution in [0.25, 0.3) is 5.70 Å². The summed E-state index contributed by atoms with van der Waals surface area (Å²) in [6.07, 6.45) is 1.95. The van der Waals surface area contributed by atoms with Crippen LogP contribution >= 0.6 is 0 Å². The van der Waals surface area contributed by atoms with Gasteiger partial charge in [-0.2, -0.15) is 0 Å². The molecule has 1 aromatic carbocycles. The van der Waals surface area contributed by atoms with Gasteiger partial charge in [-0.25, -0.2) is 0 Å². The molecule has 2 rings (SSSR count). The number of benzene rings is 1. The van der Waals surface area contributed by atoms with E-state index in [2.05, 4.69) is 5.32 Å². The first-order valence-corrected chi connectivity index (χ1v) is 3.94. The summed E-state index contributed by atoms with van der Waals surface area (Å²) >= 11 is 0. The Hall–Kier alpha value is -1.44. The third-order valence-corrected chi connectivity index (χ3v) is 1.94. The van der Waals surface area contributed by atoms with Gasteiger partial charge in [-0.1, -0.05) is 18.2 Å². The first-order chi connectivity index (χ1) is 5.77. The number of hydrogen-bond donors (Lipinski definition) is 2. The zero-order valence-electron chi connectivity index (χ0n) is 6.96. The second kappa shape index (κ2) is 2.55. The summed E-state index contributed by atoms with van der Waals surface area (Å²) in [4.78, 5) is 0. The van der Waals surface area contributed by atoms with E-state index in [1.807, 2.05) is 37.3 Å². The molecule has 0 fully saturated rings. The SMILES string of the molecule is C[C]1C=C(N)c2ccccc2N1. The number of rotatable bonds is 0. The molecule has 0 aromatic heterocycles. The number of nitrogens with two attached hydrogens (primary N) is 1. The fraction of sp³-hybridized carbons (Fsp3) is 0.100. The summed E-state index contributed by atoms with van der Waals surface area (Å²) in [5, 5.41) is 3.25. The van der Waals surface area contributed by atoms with E-state index in [1.54, 1.807) is 0 Å². The Bertz CT molecular complexity index is 328. The summed E-state index contributed by atoms with van der Waals surface area (Å²) in [6.45, 7) is 2.00. The second-order valence-corrected chi connectivity index (χ2v) is 2.95. The van der Waals surface area contributed by atoms with Crippen LogP contribution in [0.4, 0.5) is 5.69 Å². The molecule has 0 bridgehead atoms. The molecule has 0 unspecified atom stereocenters. The van der Waals surface area contributed by atoms with E-state index in [-0.39, 0.29) is 0 Å². The molecule has 2 heteroatoms. The van der Waals surface area contributed by atoms with E-state index in [1.165, 1.54) is 0 Å². The van der Waals surface area contributed by atoms with Crippen LogP contribution in [-0.2, 0) is 0 Å². The minimum Gasteiger partial charge on any atom is -0.398 e. The van der Waals surface area contributed by atoms with Crippen LogP contribution in [-0.4, -0.2) is 0 Å². The predicted octanol–water partition coefficient (Wildman–Crippen LogP) is 1.96. The van der Waals surface area contributed by atoms with Gasteiger partial charge >= 0.3 is 0 Å². The summed E-state index contributed by atoms with van der Waals surface area (Å²) in [5.74, 6) is 0. The lowest BCUT2D eigenvalue weighted by molar-refractivity contribution is 1.18. The monoisotopic (exact) mass is 159 g/mol. The van der Waals surface area contributed by atoms with Crippen molar-refractivity contribution in [2.75, 3.05) is 5.32 Å². The first kappa shape index (κ1) is 7.22. The molecule has 0 saturated heterocycles. The molecular formula is C10H11N2. The van der Waals surface area contributed by atoms with E-state index >= 15 is 0 Å². The maximum atomic E-state index is 5.84. The molecule has 1 aliphatic heterocycles. The van der Waals surface area contributed by atoms with Gasteiger partial charge in [-0.05, 0) is 19.1 Å². The van der Waals surface area contributed by atoms with Gasteiger partial charge in [-0.15, -0.1) is 0 Å². The van der Waals surface area contributed by atoms with E-state index in [0.29, 0.717) is 0 Å². The smallest absolute Gasteiger partial charge is 0.0815 e. The number of para-hydroxylation sites is 1. The molecule has 1 aliphatic rings. The molecule has 12 heavy (non-hydrogen) atoms. The standard InChI is InChI=1S/C10H11N2/c1-7-6-9(11)8-4-2-3-5-10(8)12-7/h2-6,12H,11H2,1H3. The highest BCUT2D eigenvalue weighted by molar-refractivity contribution is 5.80. The van der Waals surface area contributed by atoms with Crippen molar-refractivity contribution in [2.24, 2.45) is 5.73 Å². The molecule has 0 spiro atoms. The minimum atomic E-state index is 0.835. The van der Waals surface area contributed by atoms with Gasteiger partial charge in [0.05, 0.1) is 6.04 Å². The van der Waals surface area contributed by atoms with Gasteiger partial charge in [-0.3, -0.25) is 0 Å². The van der Waals surface area contributed by atoms with Crippen molar-refractivity contribution in [3.8, 4) is 0 Å². The summed E-state index contributed by atoms with van der Waals surface area (Å²) in [5.41, 5.74) is 8.85. The number of nitrogens with one attached hydrogen (secondary N) is 1. The van der Waals surface area contributed by atoms with Crippen molar-refractivity contribution in [3.05, 3.63) is 41.9 Å². The fourth-order valence-electron chi connectivity index (χ4n) is 1.40. The largest absolute Gasteiger partial charge is 0.398 e. The first-order valence-electron chi connectivity index (χ1n) is 3.94. The van der Waals surface area contributed by atoms with E-state index in [9.17, 15) is 0 Å². The highest BCUT2D eigenvalue weighted by Crippen LogP contribution is 2.28. The van der Waals surface area contributed by atoms with E-state index < -0.39 is 0 Å². The molecule has 61 valence electrons. The Morgan fingerprint density at radius 2 is 2.00 bits per heavy atom. The normalized spacial score (nSPS) is 16.2. The molecule has 2 nitrogen and oxygen atoms in total. The van der Waals surface area contributed by atoms with E-state index in [0.717, 1.165) is 23.0 Å². The molecule has 1 aromatic rings. The van der Waals surface area contributed by atoms with Crippen LogP contribution in [0.3, 0.4) is 0 Å². The Morgan fingerprint density at radius 3 is 2.83 bits per heavy atom. The lowest BCUT2D eigenvalue weighted by Gasteiger charge is -2.20.